The van der Waals surface area contributed by atoms with Crippen molar-refractivity contribution in [2.24, 2.45) is 0 Å². The number of aldehydes is 1. The van der Waals surface area contributed by atoms with Crippen molar-refractivity contribution in [3.63, 3.8) is 0 Å². The topological polar surface area (TPSA) is 56.3 Å². The Morgan fingerprint density at radius 3 is 2.79 bits per heavy atom. The predicted octanol–water partition coefficient (Wildman–Crippen LogP) is 1.64. The molecule has 0 radical (unpaired) electrons. The minimum atomic E-state index is -0.598. The summed E-state index contributed by atoms with van der Waals surface area (Å²) < 4.78 is 4.49. The van der Waals surface area contributed by atoms with E-state index in [0.29, 0.717) is 11.8 Å². The molecule has 0 saturated heterocycles. The summed E-state index contributed by atoms with van der Waals surface area (Å²) in [6, 6.07) is 1.48. The number of ether oxygens (including phenoxy) is 1. The van der Waals surface area contributed by atoms with Gasteiger partial charge in [-0.05, 0) is 18.6 Å². The Kier molecular flexibility index (Phi) is 3.19. The Balaban J connectivity index is 3.34. The second kappa shape index (κ2) is 4.19. The van der Waals surface area contributed by atoms with E-state index in [0.717, 1.165) is 0 Å². The molecule has 0 bridgehead atoms. The summed E-state index contributed by atoms with van der Waals surface area (Å²) in [7, 11) is 1.24. The van der Waals surface area contributed by atoms with E-state index in [-0.39, 0.29) is 16.4 Å². The highest BCUT2D eigenvalue weighted by Crippen LogP contribution is 2.16. The van der Waals surface area contributed by atoms with Crippen LogP contribution in [0.4, 0.5) is 0 Å². The minimum Gasteiger partial charge on any atom is -0.465 e. The third kappa shape index (κ3) is 1.90. The second-order valence-corrected chi connectivity index (χ2v) is 3.00. The molecule has 0 atom stereocenters. The first-order valence-corrected chi connectivity index (χ1v) is 4.18. The molecule has 4 nitrogen and oxygen atoms in total. The van der Waals surface area contributed by atoms with E-state index in [4.69, 9.17) is 11.6 Å². The lowest BCUT2D eigenvalue weighted by Crippen LogP contribution is -2.08. The van der Waals surface area contributed by atoms with Crippen LogP contribution in [-0.4, -0.2) is 24.3 Å². The molecule has 1 aromatic rings. The first kappa shape index (κ1) is 10.7. The molecule has 14 heavy (non-hydrogen) atoms. The van der Waals surface area contributed by atoms with Gasteiger partial charge >= 0.3 is 5.97 Å². The number of pyridine rings is 1. The largest absolute Gasteiger partial charge is 0.465 e. The summed E-state index contributed by atoms with van der Waals surface area (Å²) in [4.78, 5) is 25.5. The fraction of sp³-hybridized carbons (Fsp3) is 0.222. The van der Waals surface area contributed by atoms with Crippen molar-refractivity contribution in [3.8, 4) is 0 Å². The fourth-order valence-electron chi connectivity index (χ4n) is 0.967. The number of esters is 1. The van der Waals surface area contributed by atoms with Crippen molar-refractivity contribution in [2.45, 2.75) is 6.92 Å². The van der Waals surface area contributed by atoms with Crippen molar-refractivity contribution in [1.29, 1.82) is 0 Å². The maximum atomic E-state index is 11.2. The number of halogens is 1. The van der Waals surface area contributed by atoms with Gasteiger partial charge in [-0.2, -0.15) is 0 Å². The average molecular weight is 214 g/mol. The van der Waals surface area contributed by atoms with E-state index in [2.05, 4.69) is 9.72 Å². The van der Waals surface area contributed by atoms with Gasteiger partial charge in [-0.15, -0.1) is 0 Å². The zero-order valence-corrected chi connectivity index (χ0v) is 8.46. The van der Waals surface area contributed by atoms with Gasteiger partial charge < -0.3 is 4.74 Å². The van der Waals surface area contributed by atoms with Crippen LogP contribution in [0.3, 0.4) is 0 Å². The Hall–Kier alpha value is -1.42. The molecule has 0 amide bonds. The number of nitrogens with zero attached hydrogens (tertiary/aromatic N) is 1. The molecule has 0 aromatic carbocycles. The molecule has 1 aromatic heterocycles. The first-order chi connectivity index (χ1) is 6.60. The number of aromatic nitrogens is 1. The fourth-order valence-corrected chi connectivity index (χ4v) is 1.11. The lowest BCUT2D eigenvalue weighted by atomic mass is 10.1. The van der Waals surface area contributed by atoms with Crippen molar-refractivity contribution in [1.82, 2.24) is 4.98 Å². The molecule has 0 N–H and O–H groups in total. The molecule has 0 aliphatic heterocycles. The van der Waals surface area contributed by atoms with E-state index >= 15 is 0 Å². The Bertz CT molecular complexity index is 390. The van der Waals surface area contributed by atoms with Gasteiger partial charge in [0.05, 0.1) is 12.7 Å². The van der Waals surface area contributed by atoms with Crippen molar-refractivity contribution >= 4 is 23.9 Å². The van der Waals surface area contributed by atoms with Crippen LogP contribution < -0.4 is 0 Å². The maximum Gasteiger partial charge on any atom is 0.340 e. The van der Waals surface area contributed by atoms with Gasteiger partial charge in [0.15, 0.2) is 6.29 Å². The lowest BCUT2D eigenvalue weighted by Gasteiger charge is -2.04. The molecule has 1 heterocycles. The highest BCUT2D eigenvalue weighted by Gasteiger charge is 2.14. The second-order valence-electron chi connectivity index (χ2n) is 2.64. The van der Waals surface area contributed by atoms with Crippen molar-refractivity contribution in [2.75, 3.05) is 7.11 Å². The molecule has 0 aliphatic rings. The quantitative estimate of drug-likeness (QED) is 0.426. The predicted molar refractivity (Wildman–Crippen MR) is 50.7 cm³/mol. The summed E-state index contributed by atoms with van der Waals surface area (Å²) >= 11 is 5.69. The van der Waals surface area contributed by atoms with Crippen LogP contribution in [0.25, 0.3) is 0 Å². The smallest absolute Gasteiger partial charge is 0.340 e. The summed E-state index contributed by atoms with van der Waals surface area (Å²) in [5.41, 5.74) is 0.745. The van der Waals surface area contributed by atoms with E-state index < -0.39 is 5.97 Å². The van der Waals surface area contributed by atoms with Gasteiger partial charge in [-0.25, -0.2) is 9.78 Å². The van der Waals surface area contributed by atoms with Gasteiger partial charge in [0, 0.05) is 0 Å². The van der Waals surface area contributed by atoms with Crippen molar-refractivity contribution in [3.05, 3.63) is 28.0 Å². The molecule has 0 fully saturated rings. The van der Waals surface area contributed by atoms with Crippen molar-refractivity contribution < 1.29 is 14.3 Å². The SMILES string of the molecule is COC(=O)c1cc(C)c(Cl)nc1C=O. The molecule has 0 unspecified atom stereocenters. The molecular weight excluding hydrogens is 206 g/mol. The van der Waals surface area contributed by atoms with Gasteiger partial charge in [-0.3, -0.25) is 4.79 Å². The van der Waals surface area contributed by atoms with Gasteiger partial charge in [-0.1, -0.05) is 11.6 Å². The maximum absolute atomic E-state index is 11.2. The molecule has 5 heteroatoms. The van der Waals surface area contributed by atoms with E-state index in [1.165, 1.54) is 13.2 Å². The number of hydrogen-bond acceptors (Lipinski definition) is 4. The van der Waals surface area contributed by atoms with Crippen LogP contribution in [0, 0.1) is 6.92 Å². The van der Waals surface area contributed by atoms with Crippen LogP contribution >= 0.6 is 11.6 Å². The van der Waals surface area contributed by atoms with E-state index in [1.807, 2.05) is 0 Å². The Morgan fingerprint density at radius 1 is 1.64 bits per heavy atom. The number of hydrogen-bond donors (Lipinski definition) is 0. The number of aryl methyl sites for hydroxylation is 1. The summed E-state index contributed by atoms with van der Waals surface area (Å²) in [5, 5.41) is 0.208. The molecule has 0 aliphatic carbocycles. The monoisotopic (exact) mass is 213 g/mol. The summed E-state index contributed by atoms with van der Waals surface area (Å²) in [6.45, 7) is 1.69. The van der Waals surface area contributed by atoms with Gasteiger partial charge in [0.25, 0.3) is 0 Å². The highest BCUT2D eigenvalue weighted by molar-refractivity contribution is 6.30. The number of methoxy groups -OCH3 is 1. The number of carbonyl (C=O) groups is 2. The summed E-state index contributed by atoms with van der Waals surface area (Å²) in [6.07, 6.45) is 0.470. The normalized spacial score (nSPS) is 9.64. The van der Waals surface area contributed by atoms with E-state index in [1.54, 1.807) is 6.92 Å². The van der Waals surface area contributed by atoms with Crippen LogP contribution in [0.5, 0.6) is 0 Å². The molecular formula is C9H8ClNO3. The number of rotatable bonds is 2. The molecule has 1 rings (SSSR count). The molecule has 0 saturated carbocycles. The van der Waals surface area contributed by atoms with Gasteiger partial charge in [0.1, 0.15) is 10.8 Å². The Labute approximate surface area is 85.9 Å². The molecule has 74 valence electrons. The number of carbonyl (C=O) groups excluding carboxylic acids is 2. The third-order valence-electron chi connectivity index (χ3n) is 1.70. The first-order valence-electron chi connectivity index (χ1n) is 3.80. The van der Waals surface area contributed by atoms with Crippen LogP contribution in [-0.2, 0) is 4.74 Å². The summed E-state index contributed by atoms with van der Waals surface area (Å²) in [5.74, 6) is -0.598. The average Bonchev–Trinajstić information content (AvgIpc) is 2.20. The van der Waals surface area contributed by atoms with Gasteiger partial charge in [0.2, 0.25) is 0 Å². The third-order valence-corrected chi connectivity index (χ3v) is 2.08. The van der Waals surface area contributed by atoms with Crippen LogP contribution in [0.2, 0.25) is 5.15 Å². The Morgan fingerprint density at radius 2 is 2.29 bits per heavy atom. The molecule has 0 spiro atoms. The lowest BCUT2D eigenvalue weighted by molar-refractivity contribution is 0.0597. The highest BCUT2D eigenvalue weighted by atomic mass is 35.5. The zero-order chi connectivity index (χ0) is 10.7. The van der Waals surface area contributed by atoms with Crippen LogP contribution in [0.1, 0.15) is 26.4 Å². The van der Waals surface area contributed by atoms with Crippen LogP contribution in [0.15, 0.2) is 6.07 Å². The zero-order valence-electron chi connectivity index (χ0n) is 7.70. The minimum absolute atomic E-state index is 0.00699. The standard InChI is InChI=1S/C9H8ClNO3/c1-5-3-6(9(13)14-2)7(4-12)11-8(5)10/h3-4H,1-2H3. The van der Waals surface area contributed by atoms with E-state index in [9.17, 15) is 9.59 Å².